The number of hydrogen-bond donors (Lipinski definition) is 2. The second-order valence-electron chi connectivity index (χ2n) is 2.25. The van der Waals surface area contributed by atoms with Gasteiger partial charge < -0.3 is 10.1 Å². The fourth-order valence-electron chi connectivity index (χ4n) is 0.752. The van der Waals surface area contributed by atoms with Crippen LogP contribution >= 0.6 is 0 Å². The average Bonchev–Trinajstić information content (AvgIpc) is 2.03. The predicted molar refractivity (Wildman–Crippen MR) is 43.5 cm³/mol. The number of H-pyrrole nitrogens is 1. The van der Waals surface area contributed by atoms with Crippen molar-refractivity contribution in [2.75, 3.05) is 11.9 Å². The van der Waals surface area contributed by atoms with Gasteiger partial charge in [-0.05, 0) is 6.07 Å². The lowest BCUT2D eigenvalue weighted by Gasteiger charge is -2.11. The number of nitrogens with one attached hydrogen (secondary N) is 1. The Bertz CT molecular complexity index is 345. The largest absolute Gasteiger partial charge is 0.465 e. The minimum Gasteiger partial charge on any atom is -0.465 e. The molecule has 0 unspecified atom stereocenters. The molecule has 1 aromatic rings. The number of carboxylic acid groups (broad SMARTS) is 1. The van der Waals surface area contributed by atoms with Crippen molar-refractivity contribution in [3.8, 4) is 0 Å². The Kier molecular flexibility index (Phi) is 2.14. The molecule has 12 heavy (non-hydrogen) atoms. The van der Waals surface area contributed by atoms with E-state index in [4.69, 9.17) is 5.11 Å². The van der Waals surface area contributed by atoms with Crippen LogP contribution in [0.2, 0.25) is 0 Å². The molecule has 1 aromatic heterocycles. The van der Waals surface area contributed by atoms with Crippen molar-refractivity contribution in [3.63, 3.8) is 0 Å². The second kappa shape index (κ2) is 3.08. The van der Waals surface area contributed by atoms with Crippen LogP contribution in [0, 0.1) is 0 Å². The minimum atomic E-state index is -1.10. The van der Waals surface area contributed by atoms with E-state index in [2.05, 4.69) is 4.98 Å². The number of carbonyl (C=O) groups is 1. The molecule has 64 valence electrons. The molecule has 0 radical (unpaired) electrons. The monoisotopic (exact) mass is 168 g/mol. The molecule has 0 aliphatic heterocycles. The lowest BCUT2D eigenvalue weighted by Crippen LogP contribution is -2.24. The molecule has 0 aromatic carbocycles. The zero-order chi connectivity index (χ0) is 9.14. The summed E-state index contributed by atoms with van der Waals surface area (Å²) in [6.07, 6.45) is 0.303. The highest BCUT2D eigenvalue weighted by Crippen LogP contribution is 2.06. The maximum absolute atomic E-state index is 10.7. The Hall–Kier alpha value is -1.78. The van der Waals surface area contributed by atoms with Crippen molar-refractivity contribution in [1.29, 1.82) is 0 Å². The highest BCUT2D eigenvalue weighted by Gasteiger charge is 2.07. The summed E-state index contributed by atoms with van der Waals surface area (Å²) in [5, 5.41) is 8.54. The van der Waals surface area contributed by atoms with Gasteiger partial charge in [-0.1, -0.05) is 0 Å². The van der Waals surface area contributed by atoms with Crippen LogP contribution in [0.1, 0.15) is 0 Å². The first-order chi connectivity index (χ1) is 5.61. The number of nitrogens with zero attached hydrogens (tertiary/aromatic N) is 1. The summed E-state index contributed by atoms with van der Waals surface area (Å²) >= 11 is 0. The number of rotatable bonds is 1. The number of pyridine rings is 1. The molecule has 5 heteroatoms. The van der Waals surface area contributed by atoms with Crippen LogP contribution in [0.3, 0.4) is 0 Å². The van der Waals surface area contributed by atoms with Crippen LogP contribution < -0.4 is 10.5 Å². The second-order valence-corrected chi connectivity index (χ2v) is 2.25. The fourth-order valence-corrected chi connectivity index (χ4v) is 0.752. The van der Waals surface area contributed by atoms with E-state index in [1.165, 1.54) is 25.4 Å². The molecule has 2 N–H and O–H groups in total. The van der Waals surface area contributed by atoms with Gasteiger partial charge in [-0.25, -0.2) is 4.79 Å². The molecule has 0 bridgehead atoms. The number of hydrogen-bond acceptors (Lipinski definition) is 2. The summed E-state index contributed by atoms with van der Waals surface area (Å²) in [4.78, 5) is 24.5. The van der Waals surface area contributed by atoms with Gasteiger partial charge in [0.15, 0.2) is 0 Å². The standard InChI is InChI=1S/C7H8N2O3/c1-9(7(11)12)5-2-3-8-6(10)4-5/h2-4H,1H3,(H,8,10)(H,11,12). The van der Waals surface area contributed by atoms with Crippen molar-refractivity contribution >= 4 is 11.8 Å². The first-order valence-electron chi connectivity index (χ1n) is 3.26. The lowest BCUT2D eigenvalue weighted by atomic mass is 10.4. The van der Waals surface area contributed by atoms with Gasteiger partial charge in [-0.2, -0.15) is 0 Å². The zero-order valence-electron chi connectivity index (χ0n) is 6.44. The van der Waals surface area contributed by atoms with E-state index in [9.17, 15) is 9.59 Å². The molecular weight excluding hydrogens is 160 g/mol. The van der Waals surface area contributed by atoms with Crippen LogP contribution in [-0.2, 0) is 0 Å². The summed E-state index contributed by atoms with van der Waals surface area (Å²) in [6.45, 7) is 0. The lowest BCUT2D eigenvalue weighted by molar-refractivity contribution is 0.203. The van der Waals surface area contributed by atoms with Gasteiger partial charge in [0.1, 0.15) is 0 Å². The van der Waals surface area contributed by atoms with Gasteiger partial charge in [0.05, 0.1) is 5.69 Å². The molecule has 0 fully saturated rings. The Morgan fingerprint density at radius 1 is 1.67 bits per heavy atom. The van der Waals surface area contributed by atoms with Crippen molar-refractivity contribution in [1.82, 2.24) is 4.98 Å². The molecule has 5 nitrogen and oxygen atoms in total. The van der Waals surface area contributed by atoms with Gasteiger partial charge >= 0.3 is 6.09 Å². The summed E-state index contributed by atoms with van der Waals surface area (Å²) in [7, 11) is 1.37. The van der Waals surface area contributed by atoms with Crippen molar-refractivity contribution < 1.29 is 9.90 Å². The van der Waals surface area contributed by atoms with E-state index in [0.717, 1.165) is 4.90 Å². The first kappa shape index (κ1) is 8.32. The summed E-state index contributed by atoms with van der Waals surface area (Å²) in [6, 6.07) is 2.73. The maximum Gasteiger partial charge on any atom is 0.411 e. The minimum absolute atomic E-state index is 0.319. The van der Waals surface area contributed by atoms with Crippen molar-refractivity contribution in [2.24, 2.45) is 0 Å². The van der Waals surface area contributed by atoms with Crippen LogP contribution in [0.15, 0.2) is 23.1 Å². The third kappa shape index (κ3) is 1.63. The number of aromatic nitrogens is 1. The molecule has 1 heterocycles. The molecule has 0 aliphatic carbocycles. The fraction of sp³-hybridized carbons (Fsp3) is 0.143. The van der Waals surface area contributed by atoms with Gasteiger partial charge in [-0.15, -0.1) is 0 Å². The summed E-state index contributed by atoms with van der Waals surface area (Å²) in [5.74, 6) is 0. The average molecular weight is 168 g/mol. The maximum atomic E-state index is 10.7. The van der Waals surface area contributed by atoms with Crippen LogP contribution in [0.5, 0.6) is 0 Å². The topological polar surface area (TPSA) is 73.4 Å². The molecule has 0 aliphatic rings. The van der Waals surface area contributed by atoms with Crippen molar-refractivity contribution in [3.05, 3.63) is 28.7 Å². The van der Waals surface area contributed by atoms with E-state index in [-0.39, 0.29) is 5.56 Å². The third-order valence-electron chi connectivity index (χ3n) is 1.43. The molecule has 0 atom stereocenters. The van der Waals surface area contributed by atoms with E-state index in [0.29, 0.717) is 5.69 Å². The summed E-state index contributed by atoms with van der Waals surface area (Å²) < 4.78 is 0. The number of amides is 1. The number of anilines is 1. The van der Waals surface area contributed by atoms with Crippen LogP contribution in [-0.4, -0.2) is 23.2 Å². The van der Waals surface area contributed by atoms with E-state index >= 15 is 0 Å². The highest BCUT2D eigenvalue weighted by molar-refractivity contribution is 5.84. The molecule has 0 saturated carbocycles. The van der Waals surface area contributed by atoms with Gasteiger partial charge in [-0.3, -0.25) is 9.69 Å². The molecule has 1 rings (SSSR count). The van der Waals surface area contributed by atoms with Crippen LogP contribution in [0.25, 0.3) is 0 Å². The van der Waals surface area contributed by atoms with Crippen molar-refractivity contribution in [2.45, 2.75) is 0 Å². The quantitative estimate of drug-likeness (QED) is 0.640. The van der Waals surface area contributed by atoms with Crippen LogP contribution in [0.4, 0.5) is 10.5 Å². The Morgan fingerprint density at radius 2 is 2.33 bits per heavy atom. The molecule has 0 saturated heterocycles. The first-order valence-corrected chi connectivity index (χ1v) is 3.26. The highest BCUT2D eigenvalue weighted by atomic mass is 16.4. The Labute approximate surface area is 68.3 Å². The molecular formula is C7H8N2O3. The molecule has 0 spiro atoms. The normalized spacial score (nSPS) is 9.42. The summed E-state index contributed by atoms with van der Waals surface area (Å²) in [5.41, 5.74) is 0.0341. The smallest absolute Gasteiger partial charge is 0.411 e. The van der Waals surface area contributed by atoms with Gasteiger partial charge in [0.2, 0.25) is 5.56 Å². The Balaban J connectivity index is 3.03. The van der Waals surface area contributed by atoms with Gasteiger partial charge in [0, 0.05) is 19.3 Å². The zero-order valence-corrected chi connectivity index (χ0v) is 6.44. The Morgan fingerprint density at radius 3 is 2.83 bits per heavy atom. The SMILES string of the molecule is CN(C(=O)O)c1cc[nH]c(=O)c1. The van der Waals surface area contributed by atoms with Gasteiger partial charge in [0.25, 0.3) is 0 Å². The number of aromatic amines is 1. The third-order valence-corrected chi connectivity index (χ3v) is 1.43. The van der Waals surface area contributed by atoms with E-state index in [1.807, 2.05) is 0 Å². The molecule has 1 amide bonds. The van der Waals surface area contributed by atoms with E-state index in [1.54, 1.807) is 0 Å². The predicted octanol–water partition coefficient (Wildman–Crippen LogP) is 0.489. The van der Waals surface area contributed by atoms with E-state index < -0.39 is 6.09 Å².